The minimum absolute atomic E-state index is 0.00500. The predicted octanol–water partition coefficient (Wildman–Crippen LogP) is 3.04. The molecule has 0 atom stereocenters. The van der Waals surface area contributed by atoms with Crippen LogP contribution in [0.1, 0.15) is 12.6 Å². The Morgan fingerprint density at radius 3 is 2.73 bits per heavy atom. The number of carbonyl (C=O) groups is 3. The maximum atomic E-state index is 12.0. The fraction of sp³-hybridized carbons (Fsp3) is 0.294. The van der Waals surface area contributed by atoms with E-state index in [0.717, 1.165) is 5.69 Å². The summed E-state index contributed by atoms with van der Waals surface area (Å²) in [6.07, 6.45) is 0. The second-order valence-corrected chi connectivity index (χ2v) is 7.39. The summed E-state index contributed by atoms with van der Waals surface area (Å²) in [5, 5.41) is 2.16. The number of ether oxygens (including phenoxy) is 1. The third-order valence-electron chi connectivity index (χ3n) is 3.61. The molecule has 26 heavy (non-hydrogen) atoms. The Labute approximate surface area is 159 Å². The van der Waals surface area contributed by atoms with E-state index in [1.165, 1.54) is 39.8 Å². The van der Waals surface area contributed by atoms with Crippen LogP contribution in [0.25, 0.3) is 0 Å². The van der Waals surface area contributed by atoms with Crippen molar-refractivity contribution in [1.82, 2.24) is 9.88 Å². The van der Waals surface area contributed by atoms with E-state index in [-0.39, 0.29) is 24.3 Å². The molecule has 1 aliphatic rings. The normalized spacial score (nSPS) is 13.7. The third kappa shape index (κ3) is 4.41. The van der Waals surface area contributed by atoms with Gasteiger partial charge in [0, 0.05) is 24.6 Å². The van der Waals surface area contributed by atoms with Crippen LogP contribution in [-0.4, -0.2) is 45.8 Å². The lowest BCUT2D eigenvalue weighted by Gasteiger charge is -2.17. The van der Waals surface area contributed by atoms with Crippen molar-refractivity contribution in [2.24, 2.45) is 0 Å². The zero-order valence-electron chi connectivity index (χ0n) is 14.1. The average Bonchev–Trinajstić information content (AvgIpc) is 3.24. The lowest BCUT2D eigenvalue weighted by molar-refractivity contribution is -0.145. The first kappa shape index (κ1) is 18.4. The summed E-state index contributed by atoms with van der Waals surface area (Å²) < 4.78 is 5.20. The highest BCUT2D eigenvalue weighted by Crippen LogP contribution is 2.28. The molecule has 9 heteroatoms. The molecular formula is C17H17N3O4S2. The second-order valence-electron chi connectivity index (χ2n) is 5.51. The van der Waals surface area contributed by atoms with Crippen molar-refractivity contribution in [1.29, 1.82) is 0 Å². The number of amides is 2. The maximum Gasteiger partial charge on any atom is 0.326 e. The second kappa shape index (κ2) is 8.33. The number of thiazole rings is 1. The number of carbonyl (C=O) groups excluding carboxylic acids is 3. The van der Waals surface area contributed by atoms with Crippen LogP contribution in [-0.2, 0) is 20.9 Å². The van der Waals surface area contributed by atoms with Gasteiger partial charge in [-0.05, 0) is 12.1 Å². The van der Waals surface area contributed by atoms with Gasteiger partial charge in [0.05, 0.1) is 11.4 Å². The van der Waals surface area contributed by atoms with Gasteiger partial charge in [0.1, 0.15) is 13.2 Å². The fourth-order valence-electron chi connectivity index (χ4n) is 2.39. The van der Waals surface area contributed by atoms with Gasteiger partial charge in [0.2, 0.25) is 5.91 Å². The Hall–Kier alpha value is -2.39. The van der Waals surface area contributed by atoms with Gasteiger partial charge in [0.25, 0.3) is 5.24 Å². The van der Waals surface area contributed by atoms with Crippen LogP contribution in [0, 0.1) is 0 Å². The monoisotopic (exact) mass is 391 g/mol. The van der Waals surface area contributed by atoms with E-state index in [4.69, 9.17) is 4.74 Å². The number of para-hydroxylation sites is 1. The van der Waals surface area contributed by atoms with Crippen molar-refractivity contribution in [3.63, 3.8) is 0 Å². The standard InChI is InChI=1S/C17H17N3O4S2/c1-12(21)20(14-5-3-2-4-6-14)16-18-13(11-26-16)10-24-15(22)9-19-7-8-25-17(19)23/h2-6,11H,7-10H2,1H3. The Kier molecular flexibility index (Phi) is 5.89. The number of aromatic nitrogens is 1. The van der Waals surface area contributed by atoms with Crippen LogP contribution in [0.4, 0.5) is 15.6 Å². The van der Waals surface area contributed by atoms with Gasteiger partial charge in [-0.2, -0.15) is 0 Å². The summed E-state index contributed by atoms with van der Waals surface area (Å²) in [5.41, 5.74) is 1.28. The third-order valence-corrected chi connectivity index (χ3v) is 5.37. The molecule has 0 aliphatic carbocycles. The molecule has 0 spiro atoms. The number of thioether (sulfide) groups is 1. The summed E-state index contributed by atoms with van der Waals surface area (Å²) in [4.78, 5) is 42.7. The molecule has 1 aliphatic heterocycles. The molecule has 2 heterocycles. The van der Waals surface area contributed by atoms with E-state index in [9.17, 15) is 14.4 Å². The van der Waals surface area contributed by atoms with Crippen LogP contribution in [0.15, 0.2) is 35.7 Å². The number of benzene rings is 1. The summed E-state index contributed by atoms with van der Waals surface area (Å²) in [6, 6.07) is 9.22. The summed E-state index contributed by atoms with van der Waals surface area (Å²) >= 11 is 2.50. The maximum absolute atomic E-state index is 12.0. The summed E-state index contributed by atoms with van der Waals surface area (Å²) in [6.45, 7) is 1.99. The zero-order valence-corrected chi connectivity index (χ0v) is 15.7. The van der Waals surface area contributed by atoms with Gasteiger partial charge in [-0.3, -0.25) is 19.3 Å². The van der Waals surface area contributed by atoms with E-state index < -0.39 is 5.97 Å². The first-order chi connectivity index (χ1) is 12.5. The molecule has 0 bridgehead atoms. The Morgan fingerprint density at radius 2 is 2.08 bits per heavy atom. The molecule has 1 aromatic carbocycles. The molecule has 0 unspecified atom stereocenters. The van der Waals surface area contributed by atoms with Crippen LogP contribution >= 0.6 is 23.1 Å². The number of rotatable bonds is 6. The Morgan fingerprint density at radius 1 is 1.31 bits per heavy atom. The molecule has 0 N–H and O–H groups in total. The van der Waals surface area contributed by atoms with Crippen molar-refractivity contribution < 1.29 is 19.1 Å². The molecule has 1 aromatic heterocycles. The molecule has 1 saturated heterocycles. The molecular weight excluding hydrogens is 374 g/mol. The topological polar surface area (TPSA) is 79.8 Å². The van der Waals surface area contributed by atoms with Crippen LogP contribution in [0.2, 0.25) is 0 Å². The molecule has 1 fully saturated rings. The van der Waals surface area contributed by atoms with E-state index in [1.807, 2.05) is 30.3 Å². The van der Waals surface area contributed by atoms with Gasteiger partial charge in [-0.25, -0.2) is 4.98 Å². The van der Waals surface area contributed by atoms with Gasteiger partial charge in [-0.1, -0.05) is 30.0 Å². The van der Waals surface area contributed by atoms with Crippen molar-refractivity contribution in [3.8, 4) is 0 Å². The zero-order chi connectivity index (χ0) is 18.5. The number of esters is 1. The minimum atomic E-state index is -0.470. The molecule has 7 nitrogen and oxygen atoms in total. The molecule has 3 rings (SSSR count). The van der Waals surface area contributed by atoms with Gasteiger partial charge in [-0.15, -0.1) is 11.3 Å². The highest BCUT2D eigenvalue weighted by molar-refractivity contribution is 8.13. The molecule has 0 saturated carbocycles. The predicted molar refractivity (Wildman–Crippen MR) is 101 cm³/mol. The van der Waals surface area contributed by atoms with Crippen LogP contribution < -0.4 is 4.90 Å². The van der Waals surface area contributed by atoms with Crippen LogP contribution in [0.5, 0.6) is 0 Å². The first-order valence-corrected chi connectivity index (χ1v) is 9.78. The number of nitrogens with zero attached hydrogens (tertiary/aromatic N) is 3. The minimum Gasteiger partial charge on any atom is -0.458 e. The van der Waals surface area contributed by atoms with Gasteiger partial charge >= 0.3 is 5.97 Å². The number of anilines is 2. The van der Waals surface area contributed by atoms with Gasteiger partial charge in [0.15, 0.2) is 5.13 Å². The van der Waals surface area contributed by atoms with Crippen molar-refractivity contribution in [2.75, 3.05) is 23.7 Å². The van der Waals surface area contributed by atoms with E-state index in [2.05, 4.69) is 4.98 Å². The average molecular weight is 391 g/mol. The SMILES string of the molecule is CC(=O)N(c1ccccc1)c1nc(COC(=O)CN2CCSC2=O)cs1. The Balaban J connectivity index is 1.61. The number of hydrogen-bond acceptors (Lipinski definition) is 7. The van der Waals surface area contributed by atoms with E-state index in [1.54, 1.807) is 5.38 Å². The molecule has 136 valence electrons. The molecule has 2 amide bonds. The van der Waals surface area contributed by atoms with E-state index in [0.29, 0.717) is 23.1 Å². The lowest BCUT2D eigenvalue weighted by atomic mass is 10.3. The summed E-state index contributed by atoms with van der Waals surface area (Å²) in [7, 11) is 0. The molecule has 0 radical (unpaired) electrons. The highest BCUT2D eigenvalue weighted by atomic mass is 32.2. The molecule has 2 aromatic rings. The van der Waals surface area contributed by atoms with E-state index >= 15 is 0 Å². The first-order valence-electron chi connectivity index (χ1n) is 7.92. The van der Waals surface area contributed by atoms with Crippen molar-refractivity contribution >= 4 is 51.0 Å². The van der Waals surface area contributed by atoms with Crippen molar-refractivity contribution in [3.05, 3.63) is 41.4 Å². The highest BCUT2D eigenvalue weighted by Gasteiger charge is 2.24. The fourth-order valence-corrected chi connectivity index (χ4v) is 4.09. The lowest BCUT2D eigenvalue weighted by Crippen LogP contribution is -2.30. The smallest absolute Gasteiger partial charge is 0.326 e. The largest absolute Gasteiger partial charge is 0.458 e. The van der Waals surface area contributed by atoms with Crippen LogP contribution in [0.3, 0.4) is 0 Å². The van der Waals surface area contributed by atoms with Gasteiger partial charge < -0.3 is 9.64 Å². The van der Waals surface area contributed by atoms with Crippen molar-refractivity contribution in [2.45, 2.75) is 13.5 Å². The Bertz CT molecular complexity index is 809. The number of hydrogen-bond donors (Lipinski definition) is 0. The quantitative estimate of drug-likeness (QED) is 0.704. The summed E-state index contributed by atoms with van der Waals surface area (Å²) in [5.74, 6) is 0.0723.